The molecule has 0 bridgehead atoms. The highest BCUT2D eigenvalue weighted by Crippen LogP contribution is 2.32. The molecular weight excluding hydrogens is 336 g/mol. The minimum absolute atomic E-state index is 0.000132. The maximum absolute atomic E-state index is 14.0. The van der Waals surface area contributed by atoms with Crippen molar-refractivity contribution in [2.24, 2.45) is 0 Å². The van der Waals surface area contributed by atoms with E-state index in [0.29, 0.717) is 11.1 Å². The summed E-state index contributed by atoms with van der Waals surface area (Å²) in [5.74, 6) is -2.96. The predicted octanol–water partition coefficient (Wildman–Crippen LogP) is 5.99. The summed E-state index contributed by atoms with van der Waals surface area (Å²) >= 11 is 0. The average molecular weight is 352 g/mol. The molecule has 6 heteroatoms. The van der Waals surface area contributed by atoms with Gasteiger partial charge in [0, 0.05) is 6.61 Å². The lowest BCUT2D eigenvalue weighted by Gasteiger charge is -2.23. The Morgan fingerprint density at radius 3 is 2.24 bits per heavy atom. The van der Waals surface area contributed by atoms with E-state index in [-0.39, 0.29) is 12.4 Å². The molecule has 0 spiro atoms. The van der Waals surface area contributed by atoms with E-state index in [1.165, 1.54) is 0 Å². The summed E-state index contributed by atoms with van der Waals surface area (Å²) in [7, 11) is 0. The van der Waals surface area contributed by atoms with Gasteiger partial charge in [-0.1, -0.05) is 24.3 Å². The van der Waals surface area contributed by atoms with Gasteiger partial charge in [-0.05, 0) is 48.1 Å². The van der Waals surface area contributed by atoms with E-state index in [1.807, 2.05) is 12.1 Å². The van der Waals surface area contributed by atoms with Gasteiger partial charge in [-0.25, -0.2) is 8.78 Å². The average Bonchev–Trinajstić information content (AvgIpc) is 2.61. The fourth-order valence-electron chi connectivity index (χ4n) is 2.84. The van der Waals surface area contributed by atoms with Crippen LogP contribution in [0.25, 0.3) is 11.1 Å². The van der Waals surface area contributed by atoms with Gasteiger partial charge < -0.3 is 9.47 Å². The Morgan fingerprint density at radius 2 is 1.68 bits per heavy atom. The predicted molar refractivity (Wildman–Crippen MR) is 85.3 cm³/mol. The minimum atomic E-state index is -2.18. The molecule has 132 valence electrons. The number of hydrogen-bond acceptors (Lipinski definition) is 2. The van der Waals surface area contributed by atoms with Gasteiger partial charge in [-0.3, -0.25) is 0 Å². The van der Waals surface area contributed by atoms with Crippen LogP contribution in [-0.4, -0.2) is 6.61 Å². The van der Waals surface area contributed by atoms with Crippen LogP contribution in [0.3, 0.4) is 0 Å². The molecule has 1 aliphatic heterocycles. The molecule has 1 unspecified atom stereocenters. The molecular formula is C19H16F4O2. The number of rotatable bonds is 4. The van der Waals surface area contributed by atoms with E-state index in [0.717, 1.165) is 43.6 Å². The Morgan fingerprint density at radius 1 is 1.00 bits per heavy atom. The molecule has 0 aliphatic carbocycles. The monoisotopic (exact) mass is 352 g/mol. The Balaban J connectivity index is 1.82. The van der Waals surface area contributed by atoms with Gasteiger partial charge in [0.2, 0.25) is 0 Å². The molecule has 0 saturated carbocycles. The Hall–Kier alpha value is -2.34. The zero-order chi connectivity index (χ0) is 17.8. The molecule has 2 aromatic rings. The quantitative estimate of drug-likeness (QED) is 0.497. The van der Waals surface area contributed by atoms with Crippen molar-refractivity contribution in [1.29, 1.82) is 0 Å². The van der Waals surface area contributed by atoms with Gasteiger partial charge in [0.15, 0.2) is 23.6 Å². The Kier molecular flexibility index (Phi) is 5.38. The zero-order valence-corrected chi connectivity index (χ0v) is 13.3. The second kappa shape index (κ2) is 7.70. The molecule has 25 heavy (non-hydrogen) atoms. The molecule has 0 amide bonds. The number of benzene rings is 2. The third-order valence-electron chi connectivity index (χ3n) is 4.06. The van der Waals surface area contributed by atoms with E-state index >= 15 is 0 Å². The highest BCUT2D eigenvalue weighted by Gasteiger charge is 2.17. The summed E-state index contributed by atoms with van der Waals surface area (Å²) < 4.78 is 62.0. The third kappa shape index (κ3) is 4.20. The highest BCUT2D eigenvalue weighted by atomic mass is 19.3. The van der Waals surface area contributed by atoms with E-state index in [9.17, 15) is 17.6 Å². The smallest absolute Gasteiger partial charge is 0.305 e. The summed E-state index contributed by atoms with van der Waals surface area (Å²) in [6.45, 7) is 0.734. The van der Waals surface area contributed by atoms with Crippen molar-refractivity contribution in [3.8, 4) is 16.9 Å². The zero-order valence-electron chi connectivity index (χ0n) is 13.3. The van der Waals surface area contributed by atoms with Crippen LogP contribution in [0.1, 0.15) is 30.9 Å². The minimum Gasteiger partial charge on any atom is -0.453 e. The molecule has 0 radical (unpaired) electrons. The van der Waals surface area contributed by atoms with Crippen molar-refractivity contribution in [3.63, 3.8) is 0 Å². The molecule has 3 rings (SSSR count). The van der Waals surface area contributed by atoms with Gasteiger partial charge in [0.1, 0.15) is 0 Å². The molecule has 2 nitrogen and oxygen atoms in total. The first-order valence-electron chi connectivity index (χ1n) is 7.93. The van der Waals surface area contributed by atoms with E-state index in [1.54, 1.807) is 12.1 Å². The SMILES string of the molecule is FC(F)=COc1c(F)cc(-c2ccc(C3CCCCO3)cc2)cc1F. The molecule has 2 aromatic carbocycles. The summed E-state index contributed by atoms with van der Waals surface area (Å²) in [4.78, 5) is 0. The lowest BCUT2D eigenvalue weighted by atomic mass is 9.98. The number of ether oxygens (including phenoxy) is 2. The molecule has 1 fully saturated rings. The molecule has 1 atom stereocenters. The van der Waals surface area contributed by atoms with Gasteiger partial charge in [-0.15, -0.1) is 0 Å². The highest BCUT2D eigenvalue weighted by molar-refractivity contribution is 5.65. The first kappa shape index (κ1) is 17.5. The molecule has 1 heterocycles. The Bertz CT molecular complexity index is 738. The summed E-state index contributed by atoms with van der Waals surface area (Å²) in [6.07, 6.45) is 0.993. The van der Waals surface area contributed by atoms with Crippen LogP contribution < -0.4 is 4.74 Å². The van der Waals surface area contributed by atoms with Gasteiger partial charge in [0.25, 0.3) is 0 Å². The van der Waals surface area contributed by atoms with Crippen LogP contribution in [0.2, 0.25) is 0 Å². The topological polar surface area (TPSA) is 18.5 Å². The number of hydrogen-bond donors (Lipinski definition) is 0. The van der Waals surface area contributed by atoms with Crippen LogP contribution in [-0.2, 0) is 4.74 Å². The molecule has 1 aliphatic rings. The maximum atomic E-state index is 14.0. The second-order valence-corrected chi connectivity index (χ2v) is 5.77. The summed E-state index contributed by atoms with van der Waals surface area (Å²) in [6, 6.07) is 9.34. The normalized spacial score (nSPS) is 17.2. The van der Waals surface area contributed by atoms with E-state index in [2.05, 4.69) is 4.74 Å². The van der Waals surface area contributed by atoms with E-state index < -0.39 is 23.5 Å². The van der Waals surface area contributed by atoms with Crippen molar-refractivity contribution >= 4 is 0 Å². The van der Waals surface area contributed by atoms with Crippen LogP contribution in [0.15, 0.2) is 48.7 Å². The van der Waals surface area contributed by atoms with Crippen molar-refractivity contribution in [2.75, 3.05) is 6.61 Å². The lowest BCUT2D eigenvalue weighted by Crippen LogP contribution is -2.11. The summed E-state index contributed by atoms with van der Waals surface area (Å²) in [5.41, 5.74) is 1.92. The number of halogens is 4. The van der Waals surface area contributed by atoms with Crippen LogP contribution in [0.4, 0.5) is 17.6 Å². The lowest BCUT2D eigenvalue weighted by molar-refractivity contribution is 0.0149. The van der Waals surface area contributed by atoms with Crippen molar-refractivity contribution in [3.05, 3.63) is 65.9 Å². The first-order chi connectivity index (χ1) is 12.0. The maximum Gasteiger partial charge on any atom is 0.305 e. The molecule has 1 saturated heterocycles. The largest absolute Gasteiger partial charge is 0.453 e. The second-order valence-electron chi connectivity index (χ2n) is 5.77. The van der Waals surface area contributed by atoms with Crippen molar-refractivity contribution in [2.45, 2.75) is 25.4 Å². The van der Waals surface area contributed by atoms with Crippen molar-refractivity contribution in [1.82, 2.24) is 0 Å². The van der Waals surface area contributed by atoms with Crippen LogP contribution >= 0.6 is 0 Å². The van der Waals surface area contributed by atoms with E-state index in [4.69, 9.17) is 4.74 Å². The summed E-state index contributed by atoms with van der Waals surface area (Å²) in [5, 5.41) is 0. The third-order valence-corrected chi connectivity index (χ3v) is 4.06. The van der Waals surface area contributed by atoms with Gasteiger partial charge in [-0.2, -0.15) is 8.78 Å². The molecule has 0 aromatic heterocycles. The van der Waals surface area contributed by atoms with Crippen molar-refractivity contribution < 1.29 is 27.0 Å². The fourth-order valence-corrected chi connectivity index (χ4v) is 2.84. The van der Waals surface area contributed by atoms with Gasteiger partial charge >= 0.3 is 6.08 Å². The fraction of sp³-hybridized carbons (Fsp3) is 0.263. The first-order valence-corrected chi connectivity index (χ1v) is 7.93. The molecule has 0 N–H and O–H groups in total. The van der Waals surface area contributed by atoms with Gasteiger partial charge in [0.05, 0.1) is 6.10 Å². The van der Waals surface area contributed by atoms with Crippen LogP contribution in [0, 0.1) is 11.6 Å². The Labute approximate surface area is 142 Å². The van der Waals surface area contributed by atoms with Crippen LogP contribution in [0.5, 0.6) is 5.75 Å². The standard InChI is InChI=1S/C19H16F4O2/c20-15-9-14(10-16(21)19(15)25-11-18(22)23)12-4-6-13(7-5-12)17-3-1-2-8-24-17/h4-7,9-11,17H,1-3,8H2.